The molecule has 1 saturated carbocycles. The van der Waals surface area contributed by atoms with Crippen LogP contribution in [0, 0.1) is 5.92 Å². The fourth-order valence-electron chi connectivity index (χ4n) is 2.10. The molecule has 0 aromatic carbocycles. The zero-order valence-electron chi connectivity index (χ0n) is 9.45. The van der Waals surface area contributed by atoms with E-state index in [4.69, 9.17) is 0 Å². The van der Waals surface area contributed by atoms with E-state index in [2.05, 4.69) is 29.4 Å². The minimum Gasteiger partial charge on any atom is -0.314 e. The molecule has 82 valence electrons. The highest BCUT2D eigenvalue weighted by molar-refractivity contribution is 5.09. The van der Waals surface area contributed by atoms with Crippen molar-refractivity contribution in [1.82, 2.24) is 10.3 Å². The standard InChI is InChI=1S/C13H20N2/c1-11(13-3-2-4-13)15-10-7-12-5-8-14-9-6-12/h5-6,8-9,11,13,15H,2-4,7,10H2,1H3. The average Bonchev–Trinajstić information content (AvgIpc) is 2.16. The van der Waals surface area contributed by atoms with Gasteiger partial charge in [-0.25, -0.2) is 0 Å². The minimum atomic E-state index is 0.695. The summed E-state index contributed by atoms with van der Waals surface area (Å²) in [4.78, 5) is 4.02. The fraction of sp³-hybridized carbons (Fsp3) is 0.615. The molecular weight excluding hydrogens is 184 g/mol. The largest absolute Gasteiger partial charge is 0.314 e. The topological polar surface area (TPSA) is 24.9 Å². The van der Waals surface area contributed by atoms with Gasteiger partial charge in [0, 0.05) is 18.4 Å². The number of nitrogens with one attached hydrogen (secondary N) is 1. The first-order valence-electron chi connectivity index (χ1n) is 5.98. The smallest absolute Gasteiger partial charge is 0.0270 e. The summed E-state index contributed by atoms with van der Waals surface area (Å²) in [7, 11) is 0. The van der Waals surface area contributed by atoms with Crippen LogP contribution in [-0.2, 0) is 6.42 Å². The van der Waals surface area contributed by atoms with Gasteiger partial charge in [-0.05, 0) is 56.3 Å². The molecule has 1 aromatic heterocycles. The molecule has 1 N–H and O–H groups in total. The molecule has 15 heavy (non-hydrogen) atoms. The second-order valence-electron chi connectivity index (χ2n) is 4.54. The Morgan fingerprint density at radius 3 is 2.73 bits per heavy atom. The quantitative estimate of drug-likeness (QED) is 0.796. The van der Waals surface area contributed by atoms with E-state index in [1.165, 1.54) is 24.8 Å². The number of rotatable bonds is 5. The SMILES string of the molecule is CC(NCCc1ccncc1)C1CCC1. The summed E-state index contributed by atoms with van der Waals surface area (Å²) in [6, 6.07) is 4.88. The number of pyridine rings is 1. The third-order valence-corrected chi connectivity index (χ3v) is 3.49. The van der Waals surface area contributed by atoms with Crippen LogP contribution in [0.25, 0.3) is 0 Å². The summed E-state index contributed by atoms with van der Waals surface area (Å²) < 4.78 is 0. The maximum Gasteiger partial charge on any atom is 0.0270 e. The Labute approximate surface area is 92.1 Å². The van der Waals surface area contributed by atoms with Gasteiger partial charge in [0.2, 0.25) is 0 Å². The molecule has 1 atom stereocenters. The predicted molar refractivity (Wildman–Crippen MR) is 62.7 cm³/mol. The molecule has 1 aliphatic carbocycles. The Hall–Kier alpha value is -0.890. The summed E-state index contributed by atoms with van der Waals surface area (Å²) in [6.45, 7) is 3.40. The molecule has 0 aliphatic heterocycles. The van der Waals surface area contributed by atoms with Crippen LogP contribution in [0.5, 0.6) is 0 Å². The van der Waals surface area contributed by atoms with Gasteiger partial charge in [0.1, 0.15) is 0 Å². The van der Waals surface area contributed by atoms with Gasteiger partial charge < -0.3 is 5.32 Å². The van der Waals surface area contributed by atoms with Crippen molar-refractivity contribution in [2.24, 2.45) is 5.92 Å². The van der Waals surface area contributed by atoms with E-state index in [0.29, 0.717) is 6.04 Å². The lowest BCUT2D eigenvalue weighted by Crippen LogP contribution is -2.38. The van der Waals surface area contributed by atoms with Crippen LogP contribution in [0.4, 0.5) is 0 Å². The Bertz CT molecular complexity index is 280. The second-order valence-corrected chi connectivity index (χ2v) is 4.54. The molecule has 1 aromatic rings. The van der Waals surface area contributed by atoms with Crippen LogP contribution in [0.2, 0.25) is 0 Å². The third-order valence-electron chi connectivity index (χ3n) is 3.49. The van der Waals surface area contributed by atoms with Crippen LogP contribution >= 0.6 is 0 Å². The summed E-state index contributed by atoms with van der Waals surface area (Å²) in [5.74, 6) is 0.933. The number of nitrogens with zero attached hydrogens (tertiary/aromatic N) is 1. The van der Waals surface area contributed by atoms with Gasteiger partial charge in [-0.1, -0.05) is 6.42 Å². The van der Waals surface area contributed by atoms with Crippen molar-refractivity contribution < 1.29 is 0 Å². The highest BCUT2D eigenvalue weighted by Gasteiger charge is 2.22. The number of hydrogen-bond acceptors (Lipinski definition) is 2. The fourth-order valence-corrected chi connectivity index (χ4v) is 2.10. The van der Waals surface area contributed by atoms with Crippen LogP contribution in [-0.4, -0.2) is 17.6 Å². The highest BCUT2D eigenvalue weighted by atomic mass is 14.9. The minimum absolute atomic E-state index is 0.695. The summed E-state index contributed by atoms with van der Waals surface area (Å²) >= 11 is 0. The van der Waals surface area contributed by atoms with Gasteiger partial charge in [-0.3, -0.25) is 4.98 Å². The summed E-state index contributed by atoms with van der Waals surface area (Å²) in [6.07, 6.45) is 9.11. The first-order valence-corrected chi connectivity index (χ1v) is 5.98. The van der Waals surface area contributed by atoms with E-state index in [-0.39, 0.29) is 0 Å². The molecule has 1 fully saturated rings. The molecule has 0 amide bonds. The maximum absolute atomic E-state index is 4.02. The van der Waals surface area contributed by atoms with Crippen molar-refractivity contribution in [3.63, 3.8) is 0 Å². The van der Waals surface area contributed by atoms with Gasteiger partial charge in [0.25, 0.3) is 0 Å². The van der Waals surface area contributed by atoms with Crippen molar-refractivity contribution in [3.05, 3.63) is 30.1 Å². The van der Waals surface area contributed by atoms with Crippen LogP contribution in [0.3, 0.4) is 0 Å². The maximum atomic E-state index is 4.02. The van der Waals surface area contributed by atoms with E-state index < -0.39 is 0 Å². The van der Waals surface area contributed by atoms with Crippen LogP contribution in [0.15, 0.2) is 24.5 Å². The summed E-state index contributed by atoms with van der Waals surface area (Å²) in [5.41, 5.74) is 1.37. The van der Waals surface area contributed by atoms with E-state index in [1.807, 2.05) is 12.4 Å². The Morgan fingerprint density at radius 2 is 2.13 bits per heavy atom. The molecule has 2 heteroatoms. The molecule has 0 radical (unpaired) electrons. The molecule has 2 rings (SSSR count). The van der Waals surface area contributed by atoms with Gasteiger partial charge in [0.05, 0.1) is 0 Å². The number of aromatic nitrogens is 1. The van der Waals surface area contributed by atoms with Gasteiger partial charge in [-0.15, -0.1) is 0 Å². The van der Waals surface area contributed by atoms with E-state index in [0.717, 1.165) is 18.9 Å². The molecule has 1 aliphatic rings. The highest BCUT2D eigenvalue weighted by Crippen LogP contribution is 2.29. The van der Waals surface area contributed by atoms with Gasteiger partial charge in [0.15, 0.2) is 0 Å². The first kappa shape index (κ1) is 10.6. The first-order chi connectivity index (χ1) is 7.36. The van der Waals surface area contributed by atoms with Crippen molar-refractivity contribution in [1.29, 1.82) is 0 Å². The van der Waals surface area contributed by atoms with Crippen molar-refractivity contribution in [3.8, 4) is 0 Å². The lowest BCUT2D eigenvalue weighted by molar-refractivity contribution is 0.242. The molecule has 1 heterocycles. The van der Waals surface area contributed by atoms with E-state index in [9.17, 15) is 0 Å². The Kier molecular flexibility index (Phi) is 3.73. The molecule has 0 bridgehead atoms. The molecule has 2 nitrogen and oxygen atoms in total. The predicted octanol–water partition coefficient (Wildman–Crippen LogP) is 2.40. The lowest BCUT2D eigenvalue weighted by atomic mass is 9.80. The van der Waals surface area contributed by atoms with E-state index >= 15 is 0 Å². The van der Waals surface area contributed by atoms with Crippen LogP contribution < -0.4 is 5.32 Å². The molecule has 0 spiro atoms. The van der Waals surface area contributed by atoms with Crippen molar-refractivity contribution >= 4 is 0 Å². The van der Waals surface area contributed by atoms with Crippen molar-refractivity contribution in [2.45, 2.75) is 38.6 Å². The van der Waals surface area contributed by atoms with E-state index in [1.54, 1.807) is 0 Å². The zero-order valence-corrected chi connectivity index (χ0v) is 9.45. The third kappa shape index (κ3) is 3.03. The Morgan fingerprint density at radius 1 is 1.40 bits per heavy atom. The Balaban J connectivity index is 1.66. The van der Waals surface area contributed by atoms with Gasteiger partial charge in [-0.2, -0.15) is 0 Å². The molecule has 1 unspecified atom stereocenters. The summed E-state index contributed by atoms with van der Waals surface area (Å²) in [5, 5.41) is 3.61. The monoisotopic (exact) mass is 204 g/mol. The normalized spacial score (nSPS) is 18.5. The average molecular weight is 204 g/mol. The second kappa shape index (κ2) is 5.26. The van der Waals surface area contributed by atoms with Gasteiger partial charge >= 0.3 is 0 Å². The lowest BCUT2D eigenvalue weighted by Gasteiger charge is -2.32. The molecular formula is C13H20N2. The molecule has 0 saturated heterocycles. The van der Waals surface area contributed by atoms with Crippen LogP contribution in [0.1, 0.15) is 31.7 Å². The van der Waals surface area contributed by atoms with Crippen molar-refractivity contribution in [2.75, 3.05) is 6.54 Å². The number of hydrogen-bond donors (Lipinski definition) is 1. The zero-order chi connectivity index (χ0) is 10.5.